The maximum absolute atomic E-state index is 11.8. The van der Waals surface area contributed by atoms with Crippen molar-refractivity contribution in [3.63, 3.8) is 0 Å². The van der Waals surface area contributed by atoms with Gasteiger partial charge in [-0.1, -0.05) is 0 Å². The van der Waals surface area contributed by atoms with Crippen molar-refractivity contribution in [2.45, 2.75) is 25.8 Å². The Hall–Kier alpha value is -1.10. The topological polar surface area (TPSA) is 60.9 Å². The first-order valence-electron chi connectivity index (χ1n) is 5.58. The molecule has 2 atom stereocenters. The van der Waals surface area contributed by atoms with E-state index in [1.54, 1.807) is 4.90 Å². The molecule has 2 unspecified atom stereocenters. The zero-order chi connectivity index (χ0) is 12.3. The maximum Gasteiger partial charge on any atom is 0.306 e. The van der Waals surface area contributed by atoms with Crippen LogP contribution in [0.3, 0.4) is 0 Å². The smallest absolute Gasteiger partial charge is 0.306 e. The van der Waals surface area contributed by atoms with E-state index in [0.29, 0.717) is 25.9 Å². The molecule has 0 aliphatic carbocycles. The van der Waals surface area contributed by atoms with E-state index >= 15 is 0 Å². The van der Waals surface area contributed by atoms with Crippen molar-refractivity contribution in [3.05, 3.63) is 0 Å². The van der Waals surface area contributed by atoms with Crippen LogP contribution in [-0.2, 0) is 9.59 Å². The Bertz CT molecular complexity index is 278. The molecule has 1 aliphatic rings. The zero-order valence-electron chi connectivity index (χ0n) is 10.1. The molecule has 1 N–H and O–H groups in total. The minimum Gasteiger partial charge on any atom is -0.481 e. The minimum atomic E-state index is -0.744. The number of carbonyl (C=O) groups excluding carboxylic acids is 1. The Labute approximate surface area is 96.0 Å². The van der Waals surface area contributed by atoms with Crippen LogP contribution in [0.5, 0.6) is 0 Å². The molecule has 92 valence electrons. The summed E-state index contributed by atoms with van der Waals surface area (Å²) in [5.74, 6) is -0.952. The van der Waals surface area contributed by atoms with Gasteiger partial charge < -0.3 is 14.9 Å². The van der Waals surface area contributed by atoms with E-state index in [2.05, 4.69) is 0 Å². The first-order chi connectivity index (χ1) is 7.41. The number of carbonyl (C=O) groups is 2. The highest BCUT2D eigenvalue weighted by Gasteiger charge is 2.31. The van der Waals surface area contributed by atoms with Gasteiger partial charge in [-0.3, -0.25) is 9.59 Å². The predicted octanol–water partition coefficient (Wildman–Crippen LogP) is 0.260. The van der Waals surface area contributed by atoms with E-state index in [4.69, 9.17) is 5.11 Å². The quantitative estimate of drug-likeness (QED) is 0.752. The van der Waals surface area contributed by atoms with Gasteiger partial charge >= 0.3 is 5.97 Å². The second-order valence-electron chi connectivity index (χ2n) is 4.73. The fourth-order valence-electron chi connectivity index (χ4n) is 2.13. The van der Waals surface area contributed by atoms with E-state index in [-0.39, 0.29) is 17.9 Å². The number of rotatable bonds is 3. The Balaban J connectivity index is 2.53. The molecule has 0 spiro atoms. The normalized spacial score (nSPS) is 25.9. The zero-order valence-corrected chi connectivity index (χ0v) is 10.1. The van der Waals surface area contributed by atoms with Crippen LogP contribution in [0, 0.1) is 5.92 Å². The Morgan fingerprint density at radius 2 is 2.06 bits per heavy atom. The van der Waals surface area contributed by atoms with Crippen molar-refractivity contribution in [1.82, 2.24) is 9.80 Å². The van der Waals surface area contributed by atoms with Gasteiger partial charge in [-0.05, 0) is 33.9 Å². The molecular weight excluding hydrogens is 208 g/mol. The summed E-state index contributed by atoms with van der Waals surface area (Å²) in [6.07, 6.45) is 1.13. The fourth-order valence-corrected chi connectivity index (χ4v) is 2.13. The first-order valence-corrected chi connectivity index (χ1v) is 5.58. The van der Waals surface area contributed by atoms with E-state index in [0.717, 1.165) is 0 Å². The lowest BCUT2D eigenvalue weighted by atomic mass is 9.91. The van der Waals surface area contributed by atoms with Crippen LogP contribution in [0.2, 0.25) is 0 Å². The molecule has 16 heavy (non-hydrogen) atoms. The van der Waals surface area contributed by atoms with Crippen molar-refractivity contribution in [2.75, 3.05) is 27.2 Å². The second kappa shape index (κ2) is 5.30. The number of nitrogens with zero attached hydrogens (tertiary/aromatic N) is 2. The number of amides is 1. The molecular formula is C11H20N2O3. The summed E-state index contributed by atoms with van der Waals surface area (Å²) >= 11 is 0. The van der Waals surface area contributed by atoms with E-state index in [1.165, 1.54) is 0 Å². The van der Waals surface area contributed by atoms with E-state index in [1.807, 2.05) is 25.9 Å². The van der Waals surface area contributed by atoms with Crippen LogP contribution in [0.25, 0.3) is 0 Å². The van der Waals surface area contributed by atoms with Crippen LogP contribution in [-0.4, -0.2) is 60.0 Å². The molecule has 1 saturated heterocycles. The van der Waals surface area contributed by atoms with Crippen LogP contribution in [0.15, 0.2) is 0 Å². The number of piperidine rings is 1. The molecule has 0 aromatic carbocycles. The molecule has 1 aliphatic heterocycles. The van der Waals surface area contributed by atoms with E-state index in [9.17, 15) is 9.59 Å². The highest BCUT2D eigenvalue weighted by molar-refractivity contribution is 5.79. The highest BCUT2D eigenvalue weighted by atomic mass is 16.4. The van der Waals surface area contributed by atoms with Gasteiger partial charge in [0.2, 0.25) is 5.91 Å². The SMILES string of the molecule is CC1CC(C(=O)O)CCN1C(=O)CN(C)C. The van der Waals surface area contributed by atoms with Crippen LogP contribution in [0.4, 0.5) is 0 Å². The number of aliphatic carboxylic acids is 1. The third-order valence-electron chi connectivity index (χ3n) is 3.00. The van der Waals surface area contributed by atoms with Crippen molar-refractivity contribution < 1.29 is 14.7 Å². The largest absolute Gasteiger partial charge is 0.481 e. The van der Waals surface area contributed by atoms with E-state index < -0.39 is 5.97 Å². The van der Waals surface area contributed by atoms with Crippen molar-refractivity contribution in [1.29, 1.82) is 0 Å². The monoisotopic (exact) mass is 228 g/mol. The Kier molecular flexibility index (Phi) is 4.29. The Morgan fingerprint density at radius 1 is 1.44 bits per heavy atom. The first kappa shape index (κ1) is 13.0. The molecule has 5 nitrogen and oxygen atoms in total. The van der Waals surface area contributed by atoms with Crippen molar-refractivity contribution in [2.24, 2.45) is 5.92 Å². The molecule has 0 radical (unpaired) electrons. The number of carboxylic acids is 1. The molecule has 0 saturated carbocycles. The third kappa shape index (κ3) is 3.20. The molecule has 0 bridgehead atoms. The number of hydrogen-bond donors (Lipinski definition) is 1. The molecule has 0 aromatic heterocycles. The third-order valence-corrected chi connectivity index (χ3v) is 3.00. The number of likely N-dealkylation sites (N-methyl/N-ethyl adjacent to an activating group) is 1. The van der Waals surface area contributed by atoms with Gasteiger partial charge in [0.15, 0.2) is 0 Å². The molecule has 1 fully saturated rings. The summed E-state index contributed by atoms with van der Waals surface area (Å²) in [5, 5.41) is 8.91. The molecule has 0 aromatic rings. The summed E-state index contributed by atoms with van der Waals surface area (Å²) in [5.41, 5.74) is 0. The summed E-state index contributed by atoms with van der Waals surface area (Å²) in [6.45, 7) is 2.87. The molecule has 5 heteroatoms. The lowest BCUT2D eigenvalue weighted by molar-refractivity contribution is -0.147. The van der Waals surface area contributed by atoms with Crippen LogP contribution in [0.1, 0.15) is 19.8 Å². The maximum atomic E-state index is 11.8. The lowest BCUT2D eigenvalue weighted by Gasteiger charge is -2.36. The van der Waals surface area contributed by atoms with Gasteiger partial charge in [0.25, 0.3) is 0 Å². The summed E-state index contributed by atoms with van der Waals surface area (Å²) in [6, 6.07) is 0.0299. The molecule has 1 amide bonds. The summed E-state index contributed by atoms with van der Waals surface area (Å²) in [7, 11) is 3.71. The highest BCUT2D eigenvalue weighted by Crippen LogP contribution is 2.22. The van der Waals surface area contributed by atoms with Gasteiger partial charge in [-0.25, -0.2) is 0 Å². The standard InChI is InChI=1S/C11H20N2O3/c1-8-6-9(11(15)16)4-5-13(8)10(14)7-12(2)3/h8-9H,4-7H2,1-3H3,(H,15,16). The van der Waals surface area contributed by atoms with Crippen LogP contribution < -0.4 is 0 Å². The fraction of sp³-hybridized carbons (Fsp3) is 0.818. The second-order valence-corrected chi connectivity index (χ2v) is 4.73. The number of carboxylic acid groups (broad SMARTS) is 1. The van der Waals surface area contributed by atoms with Crippen LogP contribution >= 0.6 is 0 Å². The average Bonchev–Trinajstić information content (AvgIpc) is 2.15. The minimum absolute atomic E-state index is 0.0299. The summed E-state index contributed by atoms with van der Waals surface area (Å²) in [4.78, 5) is 26.3. The lowest BCUT2D eigenvalue weighted by Crippen LogP contribution is -2.48. The van der Waals surface area contributed by atoms with Gasteiger partial charge in [-0.2, -0.15) is 0 Å². The average molecular weight is 228 g/mol. The van der Waals surface area contributed by atoms with Gasteiger partial charge in [0.05, 0.1) is 12.5 Å². The molecule has 1 heterocycles. The number of hydrogen-bond acceptors (Lipinski definition) is 3. The number of likely N-dealkylation sites (tertiary alicyclic amines) is 1. The van der Waals surface area contributed by atoms with Gasteiger partial charge in [-0.15, -0.1) is 0 Å². The van der Waals surface area contributed by atoms with Gasteiger partial charge in [0, 0.05) is 12.6 Å². The van der Waals surface area contributed by atoms with Crippen molar-refractivity contribution >= 4 is 11.9 Å². The predicted molar refractivity (Wildman–Crippen MR) is 60.1 cm³/mol. The Morgan fingerprint density at radius 3 is 2.50 bits per heavy atom. The summed E-state index contributed by atoms with van der Waals surface area (Å²) < 4.78 is 0. The molecule has 1 rings (SSSR count). The van der Waals surface area contributed by atoms with Gasteiger partial charge in [0.1, 0.15) is 0 Å². The van der Waals surface area contributed by atoms with Crippen molar-refractivity contribution in [3.8, 4) is 0 Å².